The maximum Gasteiger partial charge on any atom is 0.264 e. The second kappa shape index (κ2) is 12.6. The van der Waals surface area contributed by atoms with Gasteiger partial charge in [-0.05, 0) is 105 Å². The number of aryl methyl sites for hydroxylation is 2. The molecule has 0 spiro atoms. The average molecular weight is 612 g/mol. The summed E-state index contributed by atoms with van der Waals surface area (Å²) in [5.74, 6) is -0.764. The van der Waals surface area contributed by atoms with Crippen LogP contribution in [0.4, 0.5) is 21.5 Å². The molecule has 4 aromatic carbocycles. The number of ether oxygens (including phenoxy) is 1. The van der Waals surface area contributed by atoms with Crippen LogP contribution in [0.25, 0.3) is 0 Å². The molecule has 42 heavy (non-hydrogen) atoms. The summed E-state index contributed by atoms with van der Waals surface area (Å²) >= 11 is 0. The van der Waals surface area contributed by atoms with Gasteiger partial charge < -0.3 is 10.1 Å². The fraction of sp³-hybridized carbons (Fsp3) is 0.167. The van der Waals surface area contributed by atoms with Crippen LogP contribution in [0.5, 0.6) is 5.75 Å². The number of hydrogen-bond acceptors (Lipinski definition) is 6. The molecular formula is C30H30FN3O6S2. The minimum atomic E-state index is -4.27. The lowest BCUT2D eigenvalue weighted by molar-refractivity contribution is -0.114. The topological polar surface area (TPSA) is 122 Å². The van der Waals surface area contributed by atoms with Gasteiger partial charge in [0.25, 0.3) is 20.0 Å². The molecular weight excluding hydrogens is 581 g/mol. The van der Waals surface area contributed by atoms with Crippen LogP contribution in [0.15, 0.2) is 101 Å². The molecule has 0 aliphatic heterocycles. The first-order valence-corrected chi connectivity index (χ1v) is 15.8. The van der Waals surface area contributed by atoms with Crippen LogP contribution in [0.3, 0.4) is 0 Å². The van der Waals surface area contributed by atoms with Crippen LogP contribution in [0.1, 0.15) is 18.1 Å². The monoisotopic (exact) mass is 611 g/mol. The summed E-state index contributed by atoms with van der Waals surface area (Å²) in [6.07, 6.45) is 0. The Morgan fingerprint density at radius 2 is 1.45 bits per heavy atom. The summed E-state index contributed by atoms with van der Waals surface area (Å²) in [5, 5.41) is 2.61. The zero-order valence-corrected chi connectivity index (χ0v) is 24.8. The van der Waals surface area contributed by atoms with Crippen molar-refractivity contribution >= 4 is 43.0 Å². The number of nitrogens with one attached hydrogen (secondary N) is 2. The first-order chi connectivity index (χ1) is 19.9. The van der Waals surface area contributed by atoms with Crippen molar-refractivity contribution in [2.24, 2.45) is 0 Å². The Bertz CT molecular complexity index is 1780. The van der Waals surface area contributed by atoms with Gasteiger partial charge in [-0.25, -0.2) is 21.2 Å². The number of nitrogens with zero attached hydrogens (tertiary/aromatic N) is 1. The fourth-order valence-corrected chi connectivity index (χ4v) is 6.66. The minimum absolute atomic E-state index is 0.0182. The molecule has 220 valence electrons. The lowest BCUT2D eigenvalue weighted by Gasteiger charge is -2.24. The Morgan fingerprint density at radius 1 is 0.833 bits per heavy atom. The number of halogens is 1. The maximum atomic E-state index is 13.5. The zero-order valence-electron chi connectivity index (χ0n) is 23.2. The second-order valence-electron chi connectivity index (χ2n) is 9.39. The predicted octanol–water partition coefficient (Wildman–Crippen LogP) is 5.48. The van der Waals surface area contributed by atoms with E-state index in [-0.39, 0.29) is 21.2 Å². The molecule has 12 heteroatoms. The molecule has 1 amide bonds. The average Bonchev–Trinajstić information content (AvgIpc) is 2.94. The first kappa shape index (κ1) is 30.5. The normalized spacial score (nSPS) is 11.5. The molecule has 0 saturated heterocycles. The molecule has 0 heterocycles. The van der Waals surface area contributed by atoms with E-state index in [1.165, 1.54) is 36.4 Å². The SMILES string of the molecule is CCOc1ccc(N(CC(=O)Nc2ccc(S(=O)(=O)Nc3ccc(C)cc3C)cc2)S(=O)(=O)c2ccc(F)cc2)cc1. The minimum Gasteiger partial charge on any atom is -0.494 e. The van der Waals surface area contributed by atoms with E-state index in [1.54, 1.807) is 31.2 Å². The van der Waals surface area contributed by atoms with Crippen molar-refractivity contribution in [1.82, 2.24) is 0 Å². The number of carbonyl (C=O) groups is 1. The van der Waals surface area contributed by atoms with Gasteiger partial charge in [0.15, 0.2) is 0 Å². The highest BCUT2D eigenvalue weighted by molar-refractivity contribution is 7.93. The number of rotatable bonds is 11. The maximum absolute atomic E-state index is 13.5. The van der Waals surface area contributed by atoms with Gasteiger partial charge in [-0.1, -0.05) is 17.7 Å². The second-order valence-corrected chi connectivity index (χ2v) is 12.9. The molecule has 0 atom stereocenters. The van der Waals surface area contributed by atoms with Crippen molar-refractivity contribution in [3.8, 4) is 5.75 Å². The van der Waals surface area contributed by atoms with Crippen molar-refractivity contribution in [3.63, 3.8) is 0 Å². The third-order valence-electron chi connectivity index (χ3n) is 6.20. The highest BCUT2D eigenvalue weighted by Crippen LogP contribution is 2.27. The Morgan fingerprint density at radius 3 is 2.05 bits per heavy atom. The number of amides is 1. The van der Waals surface area contributed by atoms with Gasteiger partial charge in [0.05, 0.1) is 27.8 Å². The van der Waals surface area contributed by atoms with E-state index in [0.717, 1.165) is 39.7 Å². The lowest BCUT2D eigenvalue weighted by Crippen LogP contribution is -2.38. The number of hydrogen-bond donors (Lipinski definition) is 2. The Labute approximate surface area is 245 Å². The van der Waals surface area contributed by atoms with Gasteiger partial charge in [0.1, 0.15) is 18.1 Å². The third-order valence-corrected chi connectivity index (χ3v) is 9.37. The fourth-order valence-electron chi connectivity index (χ4n) is 4.10. The zero-order chi connectivity index (χ0) is 30.5. The van der Waals surface area contributed by atoms with E-state index in [0.29, 0.717) is 18.0 Å². The smallest absolute Gasteiger partial charge is 0.264 e. The van der Waals surface area contributed by atoms with E-state index >= 15 is 0 Å². The number of carbonyl (C=O) groups excluding carboxylic acids is 1. The molecule has 0 bridgehead atoms. The molecule has 0 radical (unpaired) electrons. The van der Waals surface area contributed by atoms with E-state index in [2.05, 4.69) is 10.0 Å². The Kier molecular flexibility index (Phi) is 9.17. The van der Waals surface area contributed by atoms with Crippen LogP contribution < -0.4 is 19.1 Å². The Hall–Kier alpha value is -4.42. The number of sulfonamides is 2. The molecule has 9 nitrogen and oxygen atoms in total. The quantitative estimate of drug-likeness (QED) is 0.232. The van der Waals surface area contributed by atoms with Crippen molar-refractivity contribution in [2.45, 2.75) is 30.6 Å². The van der Waals surface area contributed by atoms with E-state index in [1.807, 2.05) is 19.9 Å². The highest BCUT2D eigenvalue weighted by Gasteiger charge is 2.27. The summed E-state index contributed by atoms with van der Waals surface area (Å²) in [6.45, 7) is 5.33. The highest BCUT2D eigenvalue weighted by atomic mass is 32.2. The van der Waals surface area contributed by atoms with Gasteiger partial charge in [0.2, 0.25) is 5.91 Å². The van der Waals surface area contributed by atoms with Gasteiger partial charge in [0, 0.05) is 5.69 Å². The summed E-state index contributed by atoms with van der Waals surface area (Å²) in [6, 6.07) is 21.3. The molecule has 0 aliphatic carbocycles. The van der Waals surface area contributed by atoms with Crippen molar-refractivity contribution < 1.29 is 30.8 Å². The van der Waals surface area contributed by atoms with E-state index in [9.17, 15) is 26.0 Å². The summed E-state index contributed by atoms with van der Waals surface area (Å²) in [7, 11) is -8.17. The standard InChI is InChI=1S/C30H30FN3O6S2/c1-4-40-26-12-10-25(11-13-26)34(42(38,39)28-14-6-23(31)7-15-28)20-30(35)32-24-8-16-27(17-9-24)41(36,37)33-29-18-5-21(2)19-22(29)3/h5-19,33H,4,20H2,1-3H3,(H,32,35). The van der Waals surface area contributed by atoms with E-state index < -0.39 is 38.3 Å². The van der Waals surface area contributed by atoms with Gasteiger partial charge in [-0.15, -0.1) is 0 Å². The van der Waals surface area contributed by atoms with Crippen LogP contribution in [-0.4, -0.2) is 35.9 Å². The molecule has 0 aliphatic rings. The molecule has 0 unspecified atom stereocenters. The van der Waals surface area contributed by atoms with Gasteiger partial charge in [-0.2, -0.15) is 0 Å². The van der Waals surface area contributed by atoms with Crippen LogP contribution in [0, 0.1) is 19.7 Å². The third kappa shape index (κ3) is 7.25. The first-order valence-electron chi connectivity index (χ1n) is 12.9. The molecule has 0 saturated carbocycles. The van der Waals surface area contributed by atoms with Crippen molar-refractivity contribution in [1.29, 1.82) is 0 Å². The summed E-state index contributed by atoms with van der Waals surface area (Å²) in [5.41, 5.74) is 2.68. The Balaban J connectivity index is 1.53. The summed E-state index contributed by atoms with van der Waals surface area (Å²) in [4.78, 5) is 12.8. The van der Waals surface area contributed by atoms with E-state index in [4.69, 9.17) is 4.74 Å². The van der Waals surface area contributed by atoms with Crippen LogP contribution in [0.2, 0.25) is 0 Å². The van der Waals surface area contributed by atoms with Crippen LogP contribution >= 0.6 is 0 Å². The van der Waals surface area contributed by atoms with Crippen molar-refractivity contribution in [3.05, 3.63) is 108 Å². The molecule has 4 aromatic rings. The molecule has 2 N–H and O–H groups in total. The lowest BCUT2D eigenvalue weighted by atomic mass is 10.1. The molecule has 4 rings (SSSR count). The molecule has 0 fully saturated rings. The largest absolute Gasteiger partial charge is 0.494 e. The van der Waals surface area contributed by atoms with Crippen LogP contribution in [-0.2, 0) is 24.8 Å². The number of benzene rings is 4. The van der Waals surface area contributed by atoms with Gasteiger partial charge in [-0.3, -0.25) is 13.8 Å². The molecule has 0 aromatic heterocycles. The van der Waals surface area contributed by atoms with Gasteiger partial charge >= 0.3 is 0 Å². The predicted molar refractivity (Wildman–Crippen MR) is 160 cm³/mol. The number of anilines is 3. The van der Waals surface area contributed by atoms with Crippen molar-refractivity contribution in [2.75, 3.05) is 27.5 Å². The summed E-state index contributed by atoms with van der Waals surface area (Å²) < 4.78 is 75.2.